The van der Waals surface area contributed by atoms with E-state index in [1.807, 2.05) is 34.9 Å². The van der Waals surface area contributed by atoms with Crippen molar-refractivity contribution in [2.75, 3.05) is 38.7 Å². The molecule has 0 radical (unpaired) electrons. The van der Waals surface area contributed by atoms with E-state index in [-0.39, 0.29) is 10.7 Å². The number of hydrogen-bond donors (Lipinski definition) is 0. The third-order valence-electron chi connectivity index (χ3n) is 5.48. The molecule has 2 saturated heterocycles. The van der Waals surface area contributed by atoms with E-state index in [0.29, 0.717) is 36.4 Å². The van der Waals surface area contributed by atoms with E-state index >= 15 is 0 Å². The van der Waals surface area contributed by atoms with Gasteiger partial charge < -0.3 is 19.1 Å². The van der Waals surface area contributed by atoms with Crippen molar-refractivity contribution in [1.29, 1.82) is 0 Å². The number of rotatable bonds is 4. The van der Waals surface area contributed by atoms with Crippen LogP contribution in [0.25, 0.3) is 0 Å². The summed E-state index contributed by atoms with van der Waals surface area (Å²) >= 11 is 1.98. The molecule has 3 fully saturated rings. The van der Waals surface area contributed by atoms with Gasteiger partial charge in [-0.3, -0.25) is 4.79 Å². The number of fused-ring (bicyclic) bond motifs is 1. The highest BCUT2D eigenvalue weighted by molar-refractivity contribution is 8.01. The second-order valence-electron chi connectivity index (χ2n) is 7.59. The summed E-state index contributed by atoms with van der Waals surface area (Å²) in [5.74, 6) is 3.20. The summed E-state index contributed by atoms with van der Waals surface area (Å²) in [6, 6.07) is 5.56. The summed E-state index contributed by atoms with van der Waals surface area (Å²) < 4.78 is 17.5. The zero-order valence-electron chi connectivity index (χ0n) is 14.2. The SMILES string of the molecule is O=C(c1cccc2c1OCCO2)N1CC2(C[C@@H](OCC3CC3)CS2)C1. The molecule has 1 spiro atoms. The number of carbonyl (C=O) groups is 1. The molecular weight excluding hydrogens is 338 g/mol. The number of para-hydroxylation sites is 1. The fourth-order valence-electron chi connectivity index (χ4n) is 3.89. The van der Waals surface area contributed by atoms with Crippen molar-refractivity contribution in [2.24, 2.45) is 5.92 Å². The Kier molecular flexibility index (Phi) is 3.86. The van der Waals surface area contributed by atoms with Crippen LogP contribution in [0.5, 0.6) is 11.5 Å². The van der Waals surface area contributed by atoms with Gasteiger partial charge in [0.05, 0.1) is 16.4 Å². The van der Waals surface area contributed by atoms with Gasteiger partial charge in [0.15, 0.2) is 11.5 Å². The maximum absolute atomic E-state index is 12.9. The van der Waals surface area contributed by atoms with Crippen LogP contribution >= 0.6 is 11.8 Å². The highest BCUT2D eigenvalue weighted by Gasteiger charge is 2.51. The monoisotopic (exact) mass is 361 g/mol. The van der Waals surface area contributed by atoms with Gasteiger partial charge in [-0.05, 0) is 37.3 Å². The van der Waals surface area contributed by atoms with Crippen molar-refractivity contribution < 1.29 is 19.0 Å². The van der Waals surface area contributed by atoms with Crippen molar-refractivity contribution >= 4 is 17.7 Å². The Labute approximate surface area is 152 Å². The minimum Gasteiger partial charge on any atom is -0.486 e. The van der Waals surface area contributed by atoms with Crippen LogP contribution < -0.4 is 9.47 Å². The molecule has 1 aromatic rings. The molecule has 1 aliphatic carbocycles. The van der Waals surface area contributed by atoms with Gasteiger partial charge in [0.2, 0.25) is 0 Å². The number of likely N-dealkylation sites (tertiary alicyclic amines) is 1. The van der Waals surface area contributed by atoms with Crippen LogP contribution in [0.15, 0.2) is 18.2 Å². The van der Waals surface area contributed by atoms with Crippen LogP contribution in [0, 0.1) is 5.92 Å². The Bertz CT molecular complexity index is 684. The van der Waals surface area contributed by atoms with Crippen molar-refractivity contribution in [3.63, 3.8) is 0 Å². The van der Waals surface area contributed by atoms with Crippen LogP contribution in [0.3, 0.4) is 0 Å². The van der Waals surface area contributed by atoms with Gasteiger partial charge in [-0.2, -0.15) is 0 Å². The molecule has 25 heavy (non-hydrogen) atoms. The zero-order valence-corrected chi connectivity index (χ0v) is 15.1. The minimum absolute atomic E-state index is 0.0518. The number of nitrogens with zero attached hydrogens (tertiary/aromatic N) is 1. The fraction of sp³-hybridized carbons (Fsp3) is 0.632. The Hall–Kier alpha value is -1.40. The average Bonchev–Trinajstić information content (AvgIpc) is 3.35. The lowest BCUT2D eigenvalue weighted by molar-refractivity contribution is 0.0283. The summed E-state index contributed by atoms with van der Waals surface area (Å²) in [7, 11) is 0. The number of amides is 1. The molecular formula is C19H23NO4S. The second kappa shape index (κ2) is 6.09. The van der Waals surface area contributed by atoms with E-state index in [1.54, 1.807) is 0 Å². The van der Waals surface area contributed by atoms with E-state index in [4.69, 9.17) is 14.2 Å². The van der Waals surface area contributed by atoms with E-state index < -0.39 is 0 Å². The van der Waals surface area contributed by atoms with E-state index in [2.05, 4.69) is 0 Å². The molecule has 0 bridgehead atoms. The van der Waals surface area contributed by atoms with Gasteiger partial charge in [0.1, 0.15) is 13.2 Å². The molecule has 3 aliphatic heterocycles. The second-order valence-corrected chi connectivity index (χ2v) is 9.08. The normalized spacial score (nSPS) is 26.6. The van der Waals surface area contributed by atoms with Crippen molar-refractivity contribution in [3.8, 4) is 11.5 Å². The molecule has 1 amide bonds. The quantitative estimate of drug-likeness (QED) is 0.825. The minimum atomic E-state index is 0.0518. The summed E-state index contributed by atoms with van der Waals surface area (Å²) in [6.07, 6.45) is 4.10. The Balaban J connectivity index is 1.21. The predicted molar refractivity (Wildman–Crippen MR) is 95.6 cm³/mol. The molecule has 4 aliphatic rings. The molecule has 134 valence electrons. The first kappa shape index (κ1) is 15.8. The number of carbonyl (C=O) groups excluding carboxylic acids is 1. The van der Waals surface area contributed by atoms with E-state index in [0.717, 1.165) is 37.8 Å². The molecule has 1 atom stereocenters. The van der Waals surface area contributed by atoms with Gasteiger partial charge >= 0.3 is 0 Å². The Morgan fingerprint density at radius 2 is 2.12 bits per heavy atom. The van der Waals surface area contributed by atoms with Crippen LogP contribution in [0.4, 0.5) is 0 Å². The maximum Gasteiger partial charge on any atom is 0.257 e. The van der Waals surface area contributed by atoms with Crippen molar-refractivity contribution in [1.82, 2.24) is 4.90 Å². The first-order valence-electron chi connectivity index (χ1n) is 9.16. The van der Waals surface area contributed by atoms with Crippen LogP contribution in [-0.2, 0) is 4.74 Å². The number of hydrogen-bond acceptors (Lipinski definition) is 5. The van der Waals surface area contributed by atoms with Crippen LogP contribution in [0.1, 0.15) is 29.6 Å². The number of benzene rings is 1. The third-order valence-corrected chi connectivity index (χ3v) is 7.06. The molecule has 5 rings (SSSR count). The van der Waals surface area contributed by atoms with E-state index in [1.165, 1.54) is 12.8 Å². The molecule has 0 unspecified atom stereocenters. The lowest BCUT2D eigenvalue weighted by Crippen LogP contribution is -2.60. The number of thioether (sulfide) groups is 1. The topological polar surface area (TPSA) is 48.0 Å². The molecule has 5 nitrogen and oxygen atoms in total. The Morgan fingerprint density at radius 1 is 1.28 bits per heavy atom. The molecule has 3 heterocycles. The first-order valence-corrected chi connectivity index (χ1v) is 10.1. The average molecular weight is 361 g/mol. The molecule has 6 heteroatoms. The van der Waals surface area contributed by atoms with E-state index in [9.17, 15) is 4.79 Å². The van der Waals surface area contributed by atoms with Crippen molar-refractivity contribution in [2.45, 2.75) is 30.1 Å². The summed E-state index contributed by atoms with van der Waals surface area (Å²) in [5.41, 5.74) is 0.622. The Morgan fingerprint density at radius 3 is 2.96 bits per heavy atom. The van der Waals surface area contributed by atoms with Crippen molar-refractivity contribution in [3.05, 3.63) is 23.8 Å². The summed E-state index contributed by atoms with van der Waals surface area (Å²) in [5, 5.41) is 0. The maximum atomic E-state index is 12.9. The fourth-order valence-corrected chi connectivity index (χ4v) is 5.44. The lowest BCUT2D eigenvalue weighted by atomic mass is 9.92. The van der Waals surface area contributed by atoms with Gasteiger partial charge in [-0.25, -0.2) is 0 Å². The highest BCUT2D eigenvalue weighted by Crippen LogP contribution is 2.47. The molecule has 1 saturated carbocycles. The number of ether oxygens (including phenoxy) is 3. The van der Waals surface area contributed by atoms with Gasteiger partial charge in [-0.1, -0.05) is 6.07 Å². The standard InChI is InChI=1S/C19H23NO4S/c21-18(15-2-1-3-16-17(15)23-7-6-22-16)20-11-19(12-20)8-14(10-25-19)24-9-13-4-5-13/h1-3,13-14H,4-12H2/t14-/m1/s1. The molecule has 0 N–H and O–H groups in total. The smallest absolute Gasteiger partial charge is 0.257 e. The zero-order chi connectivity index (χ0) is 16.9. The van der Waals surface area contributed by atoms with Gasteiger partial charge in [0.25, 0.3) is 5.91 Å². The summed E-state index contributed by atoms with van der Waals surface area (Å²) in [6.45, 7) is 3.58. The largest absolute Gasteiger partial charge is 0.486 e. The molecule has 0 aromatic heterocycles. The summed E-state index contributed by atoms with van der Waals surface area (Å²) in [4.78, 5) is 14.8. The van der Waals surface area contributed by atoms with Crippen LogP contribution in [0.2, 0.25) is 0 Å². The lowest BCUT2D eigenvalue weighted by Gasteiger charge is -2.47. The first-order chi connectivity index (χ1) is 12.2. The van der Waals surface area contributed by atoms with Gasteiger partial charge in [0, 0.05) is 25.4 Å². The van der Waals surface area contributed by atoms with Crippen LogP contribution in [-0.4, -0.2) is 60.3 Å². The molecule has 1 aromatic carbocycles. The van der Waals surface area contributed by atoms with Gasteiger partial charge in [-0.15, -0.1) is 11.8 Å². The highest BCUT2D eigenvalue weighted by atomic mass is 32.2. The third kappa shape index (κ3) is 2.99. The predicted octanol–water partition coefficient (Wildman–Crippen LogP) is 2.58.